The van der Waals surface area contributed by atoms with Gasteiger partial charge in [0, 0.05) is 5.56 Å². The third kappa shape index (κ3) is 3.30. The largest absolute Gasteiger partial charge is 0.493 e. The Balaban J connectivity index is 1.77. The van der Waals surface area contributed by atoms with Crippen molar-refractivity contribution < 1.29 is 24.4 Å². The van der Waals surface area contributed by atoms with Crippen LogP contribution in [0.3, 0.4) is 0 Å². The summed E-state index contributed by atoms with van der Waals surface area (Å²) >= 11 is 1.50. The second kappa shape index (κ2) is 7.94. The predicted molar refractivity (Wildman–Crippen MR) is 106 cm³/mol. The first-order valence-electron chi connectivity index (χ1n) is 9.57. The fraction of sp³-hybridized carbons (Fsp3) is 0.474. The van der Waals surface area contributed by atoms with Crippen molar-refractivity contribution in [2.24, 2.45) is 0 Å². The quantitative estimate of drug-likeness (QED) is 0.511. The van der Waals surface area contributed by atoms with Crippen molar-refractivity contribution in [1.29, 1.82) is 0 Å². The lowest BCUT2D eigenvalue weighted by Gasteiger charge is -2.34. The number of benzene rings is 1. The molecule has 3 aromatic rings. The monoisotopic (exact) mass is 405 g/mol. The molecule has 28 heavy (non-hydrogen) atoms. The van der Waals surface area contributed by atoms with Gasteiger partial charge in [0.1, 0.15) is 37.4 Å². The fourth-order valence-electron chi connectivity index (χ4n) is 4.05. The highest BCUT2D eigenvalue weighted by atomic mass is 32.1. The van der Waals surface area contributed by atoms with Crippen molar-refractivity contribution in [2.45, 2.75) is 13.0 Å². The first-order valence-corrected chi connectivity index (χ1v) is 10.4. The summed E-state index contributed by atoms with van der Waals surface area (Å²) in [5.41, 5.74) is 1.09. The van der Waals surface area contributed by atoms with Gasteiger partial charge in [-0.2, -0.15) is 9.61 Å². The summed E-state index contributed by atoms with van der Waals surface area (Å²) < 4.78 is 12.5. The van der Waals surface area contributed by atoms with Crippen LogP contribution in [0.15, 0.2) is 24.5 Å². The van der Waals surface area contributed by atoms with Crippen LogP contribution in [0.4, 0.5) is 0 Å². The number of aromatic nitrogens is 3. The van der Waals surface area contributed by atoms with Crippen LogP contribution in [0.5, 0.6) is 17.4 Å². The molecule has 4 rings (SSSR count). The first-order chi connectivity index (χ1) is 13.7. The van der Waals surface area contributed by atoms with E-state index in [1.54, 1.807) is 19.1 Å². The smallest absolute Gasteiger partial charge is 0.235 e. The molecule has 1 aromatic carbocycles. The molecule has 1 aliphatic rings. The predicted octanol–water partition coefficient (Wildman–Crippen LogP) is -0.594. The first kappa shape index (κ1) is 19.0. The van der Waals surface area contributed by atoms with Crippen molar-refractivity contribution in [3.63, 3.8) is 0 Å². The lowest BCUT2D eigenvalue weighted by atomic mass is 10.0. The standard InChI is InChI=1S/C19H25N5O3S/c1-4-22-7-9-23(10-8-22)16(13-5-6-14(26-2)15(11-13)27-3)17-18(25)24-19(28-17)20-12-21-24/h5-6,11-12,16,25H,4,7-10H2,1-3H3/p+2/t16-/m1/s1. The zero-order valence-corrected chi connectivity index (χ0v) is 17.3. The average Bonchev–Trinajstić information content (AvgIpc) is 3.32. The summed E-state index contributed by atoms with van der Waals surface area (Å²) in [5, 5.41) is 15.0. The molecule has 3 N–H and O–H groups in total. The van der Waals surface area contributed by atoms with Crippen LogP contribution in [0, 0.1) is 0 Å². The van der Waals surface area contributed by atoms with Gasteiger partial charge in [0.05, 0.1) is 20.8 Å². The molecule has 0 bridgehead atoms. The molecular formula is C19H27N5O3S+2. The Labute approximate surface area is 167 Å². The van der Waals surface area contributed by atoms with Gasteiger partial charge in [-0.3, -0.25) is 0 Å². The number of fused-ring (bicyclic) bond motifs is 1. The Kier molecular flexibility index (Phi) is 5.38. The number of rotatable bonds is 6. The van der Waals surface area contributed by atoms with Gasteiger partial charge in [-0.05, 0) is 25.1 Å². The number of hydrogen-bond acceptors (Lipinski definition) is 6. The number of likely N-dealkylation sites (N-methyl/N-ethyl adjacent to an activating group) is 1. The number of piperazine rings is 1. The summed E-state index contributed by atoms with van der Waals surface area (Å²) in [6.07, 6.45) is 1.47. The minimum atomic E-state index is -0.00767. The molecule has 0 radical (unpaired) electrons. The molecule has 0 spiro atoms. The molecular weight excluding hydrogens is 378 g/mol. The molecule has 1 aliphatic heterocycles. The van der Waals surface area contributed by atoms with Crippen molar-refractivity contribution in [3.8, 4) is 17.4 Å². The fourth-order valence-corrected chi connectivity index (χ4v) is 5.17. The van der Waals surface area contributed by atoms with E-state index < -0.39 is 0 Å². The van der Waals surface area contributed by atoms with Gasteiger partial charge in [-0.25, -0.2) is 4.98 Å². The Bertz CT molecular complexity index is 948. The lowest BCUT2D eigenvalue weighted by molar-refractivity contribution is -1.02. The maximum absolute atomic E-state index is 10.9. The van der Waals surface area contributed by atoms with Gasteiger partial charge < -0.3 is 24.4 Å². The Morgan fingerprint density at radius 3 is 2.57 bits per heavy atom. The third-order valence-electron chi connectivity index (χ3n) is 5.65. The van der Waals surface area contributed by atoms with E-state index in [-0.39, 0.29) is 11.9 Å². The number of methoxy groups -OCH3 is 2. The second-order valence-electron chi connectivity index (χ2n) is 7.05. The molecule has 2 aromatic heterocycles. The Hall–Kier alpha value is -2.36. The van der Waals surface area contributed by atoms with Crippen LogP contribution < -0.4 is 19.3 Å². The molecule has 8 nitrogen and oxygen atoms in total. The average molecular weight is 406 g/mol. The minimum Gasteiger partial charge on any atom is -0.493 e. The molecule has 1 atom stereocenters. The molecule has 150 valence electrons. The van der Waals surface area contributed by atoms with Gasteiger partial charge in [0.25, 0.3) is 0 Å². The Morgan fingerprint density at radius 2 is 1.93 bits per heavy atom. The van der Waals surface area contributed by atoms with E-state index in [0.717, 1.165) is 43.2 Å². The van der Waals surface area contributed by atoms with E-state index in [4.69, 9.17) is 9.47 Å². The van der Waals surface area contributed by atoms with Crippen molar-refractivity contribution in [2.75, 3.05) is 46.9 Å². The highest BCUT2D eigenvalue weighted by Gasteiger charge is 2.36. The van der Waals surface area contributed by atoms with Crippen molar-refractivity contribution in [3.05, 3.63) is 35.0 Å². The maximum atomic E-state index is 10.9. The van der Waals surface area contributed by atoms with Crippen LogP contribution in [-0.4, -0.2) is 66.6 Å². The highest BCUT2D eigenvalue weighted by Crippen LogP contribution is 2.37. The minimum absolute atomic E-state index is 0.00767. The van der Waals surface area contributed by atoms with Gasteiger partial charge in [0.15, 0.2) is 17.5 Å². The van der Waals surface area contributed by atoms with Gasteiger partial charge in [-0.15, -0.1) is 0 Å². The number of nitrogens with zero attached hydrogens (tertiary/aromatic N) is 3. The molecule has 1 fully saturated rings. The number of hydrogen-bond donors (Lipinski definition) is 3. The number of nitrogens with one attached hydrogen (secondary N) is 2. The topological polar surface area (TPSA) is 77.8 Å². The number of quaternary nitrogens is 2. The Morgan fingerprint density at radius 1 is 1.18 bits per heavy atom. The third-order valence-corrected chi connectivity index (χ3v) is 6.75. The number of thiazole rings is 1. The van der Waals surface area contributed by atoms with E-state index in [2.05, 4.69) is 23.1 Å². The zero-order chi connectivity index (χ0) is 19.7. The summed E-state index contributed by atoms with van der Waals surface area (Å²) in [6, 6.07) is 6.01. The molecule has 0 unspecified atom stereocenters. The van der Waals surface area contributed by atoms with E-state index in [1.165, 1.54) is 27.1 Å². The second-order valence-corrected chi connectivity index (χ2v) is 8.06. The van der Waals surface area contributed by atoms with Crippen LogP contribution in [-0.2, 0) is 0 Å². The molecule has 0 saturated carbocycles. The van der Waals surface area contributed by atoms with Crippen LogP contribution >= 0.6 is 11.3 Å². The van der Waals surface area contributed by atoms with E-state index in [9.17, 15) is 5.11 Å². The van der Waals surface area contributed by atoms with Crippen LogP contribution in [0.1, 0.15) is 23.4 Å². The van der Waals surface area contributed by atoms with Crippen LogP contribution in [0.2, 0.25) is 0 Å². The molecule has 1 saturated heterocycles. The highest BCUT2D eigenvalue weighted by molar-refractivity contribution is 7.17. The molecule has 0 aliphatic carbocycles. The van der Waals surface area contributed by atoms with E-state index >= 15 is 0 Å². The van der Waals surface area contributed by atoms with E-state index in [1.807, 2.05) is 12.1 Å². The SMILES string of the molecule is CC[NH+]1CC[NH+]([C@H](c2ccc(OC)c(OC)c2)c2sc3ncnn3c2O)CC1. The molecule has 3 heterocycles. The van der Waals surface area contributed by atoms with Crippen molar-refractivity contribution in [1.82, 2.24) is 14.6 Å². The summed E-state index contributed by atoms with van der Waals surface area (Å²) in [5.74, 6) is 1.57. The maximum Gasteiger partial charge on any atom is 0.235 e. The normalized spacial score (nSPS) is 21.0. The van der Waals surface area contributed by atoms with Crippen molar-refractivity contribution >= 4 is 16.3 Å². The summed E-state index contributed by atoms with van der Waals surface area (Å²) in [7, 11) is 3.28. The zero-order valence-electron chi connectivity index (χ0n) is 16.4. The number of aromatic hydroxyl groups is 1. The van der Waals surface area contributed by atoms with Crippen LogP contribution in [0.25, 0.3) is 4.96 Å². The van der Waals surface area contributed by atoms with E-state index in [0.29, 0.717) is 16.5 Å². The summed E-state index contributed by atoms with van der Waals surface area (Å²) in [6.45, 7) is 7.70. The van der Waals surface area contributed by atoms with Gasteiger partial charge >= 0.3 is 0 Å². The van der Waals surface area contributed by atoms with Gasteiger partial charge in [0.2, 0.25) is 10.8 Å². The molecule has 9 heteroatoms. The van der Waals surface area contributed by atoms with Gasteiger partial charge in [-0.1, -0.05) is 11.3 Å². The summed E-state index contributed by atoms with van der Waals surface area (Å²) in [4.78, 5) is 8.91. The molecule has 0 amide bonds. The lowest BCUT2D eigenvalue weighted by Crippen LogP contribution is -3.28. The number of ether oxygens (including phenoxy) is 2.